The van der Waals surface area contributed by atoms with Crippen LogP contribution in [0.4, 0.5) is 14.9 Å². The van der Waals surface area contributed by atoms with Crippen molar-refractivity contribution < 1.29 is 13.9 Å². The number of aryl methyl sites for hydroxylation is 1. The Bertz CT molecular complexity index is 996. The van der Waals surface area contributed by atoms with E-state index in [2.05, 4.69) is 15.6 Å². The summed E-state index contributed by atoms with van der Waals surface area (Å²) in [6, 6.07) is 11.4. The molecule has 152 valence electrons. The highest BCUT2D eigenvalue weighted by atomic mass is 19.1. The maximum Gasteiger partial charge on any atom is 0.319 e. The van der Waals surface area contributed by atoms with Crippen LogP contribution in [0.3, 0.4) is 0 Å². The number of nitrogens with zero attached hydrogens (tertiary/aromatic N) is 2. The highest BCUT2D eigenvalue weighted by Gasteiger charge is 2.21. The number of carbonyl (C=O) groups is 1. The van der Waals surface area contributed by atoms with Crippen molar-refractivity contribution in [3.63, 3.8) is 0 Å². The normalized spacial score (nSPS) is 11.2. The minimum absolute atomic E-state index is 0.277. The first-order valence-corrected chi connectivity index (χ1v) is 9.28. The Labute approximate surface area is 169 Å². The van der Waals surface area contributed by atoms with Gasteiger partial charge in [-0.1, -0.05) is 12.1 Å². The molecular formula is C22H25FN4O2. The second-order valence-electron chi connectivity index (χ2n) is 7.58. The Balaban J connectivity index is 1.67. The lowest BCUT2D eigenvalue weighted by Gasteiger charge is -2.26. The largest absolute Gasteiger partial charge is 0.494 e. The van der Waals surface area contributed by atoms with Crippen LogP contribution in [-0.4, -0.2) is 28.2 Å². The van der Waals surface area contributed by atoms with Gasteiger partial charge in [0.1, 0.15) is 11.6 Å². The fourth-order valence-corrected chi connectivity index (χ4v) is 3.15. The van der Waals surface area contributed by atoms with Gasteiger partial charge in [0, 0.05) is 23.5 Å². The number of aromatic nitrogens is 2. The molecule has 0 unspecified atom stereocenters. The van der Waals surface area contributed by atoms with Crippen LogP contribution in [0.1, 0.15) is 25.1 Å². The quantitative estimate of drug-likeness (QED) is 0.646. The standard InChI is InChI=1S/C22H25FN4O2/c1-15-13-27(14-24-15)19-10-9-18(11-20(19)29-4)25-21(28)26-22(2,3)12-16-5-7-17(23)8-6-16/h5-11,13-14H,12H2,1-4H3,(H2,25,26,28). The lowest BCUT2D eigenvalue weighted by molar-refractivity contribution is 0.241. The first kappa shape index (κ1) is 20.4. The molecule has 6 nitrogen and oxygen atoms in total. The number of urea groups is 1. The molecule has 2 amide bonds. The van der Waals surface area contributed by atoms with Crippen molar-refractivity contribution in [1.82, 2.24) is 14.9 Å². The Morgan fingerprint density at radius 2 is 1.93 bits per heavy atom. The van der Waals surface area contributed by atoms with E-state index < -0.39 is 5.54 Å². The molecule has 2 N–H and O–H groups in total. The number of hydrogen-bond acceptors (Lipinski definition) is 3. The SMILES string of the molecule is COc1cc(NC(=O)NC(C)(C)Cc2ccc(F)cc2)ccc1-n1cnc(C)c1. The van der Waals surface area contributed by atoms with Crippen molar-refractivity contribution in [2.45, 2.75) is 32.7 Å². The lowest BCUT2D eigenvalue weighted by Crippen LogP contribution is -2.47. The average Bonchev–Trinajstić information content (AvgIpc) is 3.09. The third-order valence-electron chi connectivity index (χ3n) is 4.44. The van der Waals surface area contributed by atoms with E-state index in [0.29, 0.717) is 17.9 Å². The number of methoxy groups -OCH3 is 1. The molecule has 0 aliphatic carbocycles. The van der Waals surface area contributed by atoms with E-state index in [9.17, 15) is 9.18 Å². The van der Waals surface area contributed by atoms with E-state index in [0.717, 1.165) is 16.9 Å². The average molecular weight is 396 g/mol. The summed E-state index contributed by atoms with van der Waals surface area (Å²) in [5.41, 5.74) is 2.77. The zero-order chi connectivity index (χ0) is 21.0. The zero-order valence-corrected chi connectivity index (χ0v) is 17.0. The van der Waals surface area contributed by atoms with Gasteiger partial charge in [-0.05, 0) is 57.0 Å². The van der Waals surface area contributed by atoms with E-state index in [1.165, 1.54) is 12.1 Å². The fraction of sp³-hybridized carbons (Fsp3) is 0.273. The molecule has 1 heterocycles. The molecule has 3 aromatic rings. The summed E-state index contributed by atoms with van der Waals surface area (Å²) in [5.74, 6) is 0.339. The van der Waals surface area contributed by atoms with Crippen molar-refractivity contribution in [3.05, 3.63) is 72.1 Å². The van der Waals surface area contributed by atoms with Gasteiger partial charge in [0.2, 0.25) is 0 Å². The van der Waals surface area contributed by atoms with Gasteiger partial charge in [0.25, 0.3) is 0 Å². The van der Waals surface area contributed by atoms with Crippen LogP contribution < -0.4 is 15.4 Å². The number of nitrogens with one attached hydrogen (secondary N) is 2. The van der Waals surface area contributed by atoms with Crippen molar-refractivity contribution in [3.8, 4) is 11.4 Å². The fourth-order valence-electron chi connectivity index (χ4n) is 3.15. The number of rotatable bonds is 6. The molecule has 0 fully saturated rings. The summed E-state index contributed by atoms with van der Waals surface area (Å²) in [4.78, 5) is 16.7. The van der Waals surface area contributed by atoms with Crippen molar-refractivity contribution in [2.75, 3.05) is 12.4 Å². The number of imidazole rings is 1. The van der Waals surface area contributed by atoms with Crippen molar-refractivity contribution in [2.24, 2.45) is 0 Å². The van der Waals surface area contributed by atoms with Crippen LogP contribution >= 0.6 is 0 Å². The van der Waals surface area contributed by atoms with Crippen LogP contribution in [0.2, 0.25) is 0 Å². The Hall–Kier alpha value is -3.35. The topological polar surface area (TPSA) is 68.2 Å². The molecular weight excluding hydrogens is 371 g/mol. The second kappa shape index (κ2) is 8.34. The molecule has 0 saturated heterocycles. The maximum atomic E-state index is 13.1. The van der Waals surface area contributed by atoms with E-state index in [1.54, 1.807) is 37.7 Å². The summed E-state index contributed by atoms with van der Waals surface area (Å²) in [6.45, 7) is 5.75. The van der Waals surface area contributed by atoms with E-state index in [4.69, 9.17) is 4.74 Å². The van der Waals surface area contributed by atoms with E-state index in [1.807, 2.05) is 37.6 Å². The van der Waals surface area contributed by atoms with Crippen LogP contribution in [-0.2, 0) is 6.42 Å². The smallest absolute Gasteiger partial charge is 0.319 e. The molecule has 3 rings (SSSR count). The zero-order valence-electron chi connectivity index (χ0n) is 17.0. The van der Waals surface area contributed by atoms with Crippen LogP contribution in [0.5, 0.6) is 5.75 Å². The molecule has 0 aliphatic rings. The minimum atomic E-state index is -0.514. The van der Waals surface area contributed by atoms with Gasteiger partial charge >= 0.3 is 6.03 Å². The summed E-state index contributed by atoms with van der Waals surface area (Å²) < 4.78 is 20.4. The predicted molar refractivity (Wildman–Crippen MR) is 111 cm³/mol. The van der Waals surface area contributed by atoms with Gasteiger partial charge in [-0.3, -0.25) is 0 Å². The summed E-state index contributed by atoms with van der Waals surface area (Å²) in [5, 5.41) is 5.79. The molecule has 7 heteroatoms. The number of amides is 2. The Morgan fingerprint density at radius 3 is 2.55 bits per heavy atom. The van der Waals surface area contributed by atoms with Crippen LogP contribution in [0.25, 0.3) is 5.69 Å². The summed E-state index contributed by atoms with van der Waals surface area (Å²) in [6.07, 6.45) is 4.18. The number of carbonyl (C=O) groups excluding carboxylic acids is 1. The monoisotopic (exact) mass is 396 g/mol. The first-order valence-electron chi connectivity index (χ1n) is 9.28. The molecule has 1 aromatic heterocycles. The third kappa shape index (κ3) is 5.34. The summed E-state index contributed by atoms with van der Waals surface area (Å²) in [7, 11) is 1.58. The van der Waals surface area contributed by atoms with Crippen LogP contribution in [0, 0.1) is 12.7 Å². The van der Waals surface area contributed by atoms with Crippen molar-refractivity contribution >= 4 is 11.7 Å². The van der Waals surface area contributed by atoms with E-state index in [-0.39, 0.29) is 11.8 Å². The van der Waals surface area contributed by atoms with Crippen LogP contribution in [0.15, 0.2) is 55.0 Å². The number of halogens is 1. The highest BCUT2D eigenvalue weighted by molar-refractivity contribution is 5.90. The molecule has 0 radical (unpaired) electrons. The lowest BCUT2D eigenvalue weighted by atomic mass is 9.95. The number of ether oxygens (including phenoxy) is 1. The number of anilines is 1. The third-order valence-corrected chi connectivity index (χ3v) is 4.44. The number of benzene rings is 2. The highest BCUT2D eigenvalue weighted by Crippen LogP contribution is 2.27. The van der Waals surface area contributed by atoms with Gasteiger partial charge in [-0.2, -0.15) is 0 Å². The predicted octanol–water partition coefficient (Wildman–Crippen LogP) is 4.47. The molecule has 29 heavy (non-hydrogen) atoms. The molecule has 0 spiro atoms. The molecule has 0 atom stereocenters. The molecule has 0 aliphatic heterocycles. The summed E-state index contributed by atoms with van der Waals surface area (Å²) >= 11 is 0. The Kier molecular flexibility index (Phi) is 5.87. The number of hydrogen-bond donors (Lipinski definition) is 2. The van der Waals surface area contributed by atoms with E-state index >= 15 is 0 Å². The van der Waals surface area contributed by atoms with Gasteiger partial charge in [0.15, 0.2) is 0 Å². The molecule has 2 aromatic carbocycles. The van der Waals surface area contributed by atoms with Gasteiger partial charge < -0.3 is 19.9 Å². The van der Waals surface area contributed by atoms with Crippen molar-refractivity contribution in [1.29, 1.82) is 0 Å². The molecule has 0 bridgehead atoms. The molecule has 0 saturated carbocycles. The maximum absolute atomic E-state index is 13.1. The van der Waals surface area contributed by atoms with Gasteiger partial charge in [0.05, 0.1) is 24.8 Å². The Morgan fingerprint density at radius 1 is 1.21 bits per heavy atom. The van der Waals surface area contributed by atoms with Gasteiger partial charge in [-0.25, -0.2) is 14.2 Å². The second-order valence-corrected chi connectivity index (χ2v) is 7.58. The minimum Gasteiger partial charge on any atom is -0.494 e. The van der Waals surface area contributed by atoms with Gasteiger partial charge in [-0.15, -0.1) is 0 Å². The first-order chi connectivity index (χ1) is 13.8.